The van der Waals surface area contributed by atoms with Crippen LogP contribution in [-0.4, -0.2) is 50.4 Å². The molecule has 1 heterocycles. The lowest BCUT2D eigenvalue weighted by molar-refractivity contribution is 0.0949. The van der Waals surface area contributed by atoms with E-state index in [1.54, 1.807) is 21.0 Å². The van der Waals surface area contributed by atoms with E-state index in [1.807, 2.05) is 25.1 Å². The highest BCUT2D eigenvalue weighted by Gasteiger charge is 2.24. The van der Waals surface area contributed by atoms with Gasteiger partial charge in [-0.1, -0.05) is 31.5 Å². The topological polar surface area (TPSA) is 91.5 Å². The highest BCUT2D eigenvalue weighted by Crippen LogP contribution is 2.20. The first kappa shape index (κ1) is 21.0. The van der Waals surface area contributed by atoms with E-state index in [0.717, 1.165) is 16.9 Å². The second kappa shape index (κ2) is 9.05. The van der Waals surface area contributed by atoms with Crippen molar-refractivity contribution < 1.29 is 17.9 Å². The Morgan fingerprint density at radius 2 is 1.93 bits per heavy atom. The van der Waals surface area contributed by atoms with Gasteiger partial charge in [0.1, 0.15) is 16.3 Å². The Labute approximate surface area is 160 Å². The molecule has 0 spiro atoms. The maximum absolute atomic E-state index is 12.5. The number of hydrogen-bond donors (Lipinski definition) is 2. The largest absolute Gasteiger partial charge is 0.496 e. The predicted molar refractivity (Wildman–Crippen MR) is 105 cm³/mol. The van der Waals surface area contributed by atoms with Gasteiger partial charge in [-0.25, -0.2) is 8.42 Å². The van der Waals surface area contributed by atoms with Gasteiger partial charge in [0.2, 0.25) is 10.0 Å². The quantitative estimate of drug-likeness (QED) is 0.684. The van der Waals surface area contributed by atoms with Crippen LogP contribution in [0.25, 0.3) is 0 Å². The summed E-state index contributed by atoms with van der Waals surface area (Å²) in [5.74, 6) is 0.435. The molecule has 1 aromatic heterocycles. The molecule has 27 heavy (non-hydrogen) atoms. The summed E-state index contributed by atoms with van der Waals surface area (Å²) in [7, 11) is -1.97. The molecule has 0 bridgehead atoms. The van der Waals surface area contributed by atoms with E-state index in [1.165, 1.54) is 16.6 Å². The third kappa shape index (κ3) is 4.90. The fourth-order valence-corrected chi connectivity index (χ4v) is 4.33. The molecule has 2 aromatic rings. The molecule has 0 atom stereocenters. The van der Waals surface area contributed by atoms with Crippen molar-refractivity contribution in [3.8, 4) is 5.75 Å². The van der Waals surface area contributed by atoms with Gasteiger partial charge in [-0.05, 0) is 31.0 Å². The molecule has 1 aromatic carbocycles. The summed E-state index contributed by atoms with van der Waals surface area (Å²) < 4.78 is 31.7. The maximum Gasteiger partial charge on any atom is 0.267 e. The Bertz CT molecular complexity index is 886. The third-order valence-electron chi connectivity index (χ3n) is 4.36. The number of nitrogens with one attached hydrogen (secondary N) is 2. The molecule has 0 fully saturated rings. The van der Waals surface area contributed by atoms with Crippen molar-refractivity contribution in [1.82, 2.24) is 14.6 Å². The Morgan fingerprint density at radius 1 is 1.22 bits per heavy atom. The van der Waals surface area contributed by atoms with Crippen LogP contribution < -0.4 is 10.1 Å². The molecule has 2 N–H and O–H groups in total. The van der Waals surface area contributed by atoms with Crippen molar-refractivity contribution in [3.05, 3.63) is 47.3 Å². The number of methoxy groups -OCH3 is 1. The van der Waals surface area contributed by atoms with E-state index in [0.29, 0.717) is 26.1 Å². The van der Waals surface area contributed by atoms with Gasteiger partial charge in [-0.3, -0.25) is 4.79 Å². The average Bonchev–Trinajstić information content (AvgIpc) is 3.14. The monoisotopic (exact) mass is 393 g/mol. The van der Waals surface area contributed by atoms with Crippen molar-refractivity contribution in [2.45, 2.75) is 32.1 Å². The Hall–Kier alpha value is -2.32. The summed E-state index contributed by atoms with van der Waals surface area (Å²) in [6, 6.07) is 7.27. The minimum atomic E-state index is -3.59. The van der Waals surface area contributed by atoms with Crippen LogP contribution in [0, 0.1) is 6.92 Å². The standard InChI is InChI=1S/C19H27N3O4S/c1-5-22(6-2)27(24,25)16-12-17(21-13-16)19(23)20-10-9-15-11-14(3)7-8-18(15)26-4/h7-8,11-13,21H,5-6,9-10H2,1-4H3,(H,20,23). The lowest BCUT2D eigenvalue weighted by atomic mass is 10.1. The van der Waals surface area contributed by atoms with E-state index in [9.17, 15) is 13.2 Å². The lowest BCUT2D eigenvalue weighted by Gasteiger charge is -2.16. The van der Waals surface area contributed by atoms with Crippen LogP contribution in [0.15, 0.2) is 35.4 Å². The van der Waals surface area contributed by atoms with Gasteiger partial charge in [0, 0.05) is 25.8 Å². The van der Waals surface area contributed by atoms with Crippen LogP contribution in [0.3, 0.4) is 0 Å². The number of carbonyl (C=O) groups excluding carboxylic acids is 1. The highest BCUT2D eigenvalue weighted by molar-refractivity contribution is 7.89. The van der Waals surface area contributed by atoms with Crippen LogP contribution in [-0.2, 0) is 16.4 Å². The number of aryl methyl sites for hydroxylation is 1. The van der Waals surface area contributed by atoms with Gasteiger partial charge in [-0.2, -0.15) is 4.31 Å². The van der Waals surface area contributed by atoms with Crippen LogP contribution in [0.1, 0.15) is 35.5 Å². The number of amides is 1. The third-order valence-corrected chi connectivity index (χ3v) is 6.39. The van der Waals surface area contributed by atoms with Crippen molar-refractivity contribution in [3.63, 3.8) is 0 Å². The number of hydrogen-bond acceptors (Lipinski definition) is 4. The summed E-state index contributed by atoms with van der Waals surface area (Å²) in [5, 5.41) is 2.81. The number of aromatic amines is 1. The summed E-state index contributed by atoms with van der Waals surface area (Å²) in [4.78, 5) is 15.2. The smallest absolute Gasteiger partial charge is 0.267 e. The molecule has 0 saturated heterocycles. The fraction of sp³-hybridized carbons (Fsp3) is 0.421. The second-order valence-electron chi connectivity index (χ2n) is 6.16. The zero-order valence-corrected chi connectivity index (χ0v) is 17.0. The molecule has 8 heteroatoms. The van der Waals surface area contributed by atoms with Crippen LogP contribution in [0.5, 0.6) is 5.75 Å². The molecule has 2 rings (SSSR count). The fourth-order valence-electron chi connectivity index (χ4n) is 2.88. The van der Waals surface area contributed by atoms with Gasteiger partial charge < -0.3 is 15.0 Å². The molecular weight excluding hydrogens is 366 g/mol. The Morgan fingerprint density at radius 3 is 2.56 bits per heavy atom. The number of H-pyrrole nitrogens is 1. The summed E-state index contributed by atoms with van der Waals surface area (Å²) >= 11 is 0. The highest BCUT2D eigenvalue weighted by atomic mass is 32.2. The van der Waals surface area contributed by atoms with Gasteiger partial charge in [0.15, 0.2) is 0 Å². The molecule has 0 aliphatic rings. The van der Waals surface area contributed by atoms with Gasteiger partial charge >= 0.3 is 0 Å². The van der Waals surface area contributed by atoms with Crippen molar-refractivity contribution in [1.29, 1.82) is 0 Å². The van der Waals surface area contributed by atoms with Gasteiger partial charge in [-0.15, -0.1) is 0 Å². The van der Waals surface area contributed by atoms with Gasteiger partial charge in [0.05, 0.1) is 7.11 Å². The Balaban J connectivity index is 2.02. The first-order chi connectivity index (χ1) is 12.8. The molecule has 0 aliphatic carbocycles. The number of nitrogens with zero attached hydrogens (tertiary/aromatic N) is 1. The molecule has 148 valence electrons. The molecule has 0 radical (unpaired) electrons. The number of ether oxygens (including phenoxy) is 1. The molecule has 0 aliphatic heterocycles. The van der Waals surface area contributed by atoms with E-state index in [4.69, 9.17) is 4.74 Å². The first-order valence-electron chi connectivity index (χ1n) is 8.93. The van der Waals surface area contributed by atoms with Crippen molar-refractivity contribution in [2.75, 3.05) is 26.7 Å². The minimum Gasteiger partial charge on any atom is -0.496 e. The zero-order valence-electron chi connectivity index (χ0n) is 16.2. The van der Waals surface area contributed by atoms with E-state index in [2.05, 4.69) is 10.3 Å². The molecule has 0 saturated carbocycles. The van der Waals surface area contributed by atoms with Crippen molar-refractivity contribution in [2.24, 2.45) is 0 Å². The van der Waals surface area contributed by atoms with Crippen LogP contribution in [0.2, 0.25) is 0 Å². The lowest BCUT2D eigenvalue weighted by Crippen LogP contribution is -2.30. The summed E-state index contributed by atoms with van der Waals surface area (Å²) in [6.45, 7) is 6.73. The maximum atomic E-state index is 12.5. The normalized spacial score (nSPS) is 11.6. The predicted octanol–water partition coefficient (Wildman–Crippen LogP) is 2.33. The van der Waals surface area contributed by atoms with Crippen LogP contribution in [0.4, 0.5) is 0 Å². The van der Waals surface area contributed by atoms with Crippen molar-refractivity contribution >= 4 is 15.9 Å². The SMILES string of the molecule is CCN(CC)S(=O)(=O)c1c[nH]c(C(=O)NCCc2cc(C)ccc2OC)c1. The Kier molecular flexibility index (Phi) is 7.04. The average molecular weight is 394 g/mol. The minimum absolute atomic E-state index is 0.0942. The van der Waals surface area contributed by atoms with Crippen LogP contribution >= 0.6 is 0 Å². The zero-order chi connectivity index (χ0) is 20.0. The molecule has 7 nitrogen and oxygen atoms in total. The molecule has 1 amide bonds. The number of carbonyl (C=O) groups is 1. The van der Waals surface area contributed by atoms with E-state index >= 15 is 0 Å². The molecule has 0 unspecified atom stereocenters. The molecular formula is C19H27N3O4S. The number of benzene rings is 1. The summed E-state index contributed by atoms with van der Waals surface area (Å²) in [6.07, 6.45) is 1.97. The van der Waals surface area contributed by atoms with E-state index < -0.39 is 10.0 Å². The first-order valence-corrected chi connectivity index (χ1v) is 10.4. The van der Waals surface area contributed by atoms with E-state index in [-0.39, 0.29) is 16.5 Å². The summed E-state index contributed by atoms with van der Waals surface area (Å²) in [5.41, 5.74) is 2.35. The van der Waals surface area contributed by atoms with Gasteiger partial charge in [0.25, 0.3) is 5.91 Å². The number of sulfonamides is 1. The number of aromatic nitrogens is 1. The number of rotatable bonds is 9. The second-order valence-corrected chi connectivity index (χ2v) is 8.10.